The van der Waals surface area contributed by atoms with Gasteiger partial charge in [0.2, 0.25) is 0 Å². The minimum Gasteiger partial charge on any atom is -0.394 e. The smallest absolute Gasteiger partial charge is 0.129 e. The number of hydrogen-bond donors (Lipinski definition) is 1. The van der Waals surface area contributed by atoms with E-state index in [1.165, 1.54) is 44.2 Å². The predicted octanol–water partition coefficient (Wildman–Crippen LogP) is 4.32. The summed E-state index contributed by atoms with van der Waals surface area (Å²) in [7, 11) is 4.15. The largest absolute Gasteiger partial charge is 0.394 e. The Morgan fingerprint density at radius 1 is 1.07 bits per heavy atom. The van der Waals surface area contributed by atoms with Gasteiger partial charge in [-0.3, -0.25) is 0 Å². The summed E-state index contributed by atoms with van der Waals surface area (Å²) in [4.78, 5) is 7.86. The van der Waals surface area contributed by atoms with Gasteiger partial charge in [0.05, 0.1) is 11.8 Å². The van der Waals surface area contributed by atoms with Gasteiger partial charge >= 0.3 is 0 Å². The number of fused-ring (bicyclic) bond motifs is 5. The van der Waals surface area contributed by atoms with Crippen LogP contribution in [0.15, 0.2) is 5.16 Å². The zero-order valence-corrected chi connectivity index (χ0v) is 17.9. The molecule has 4 fully saturated rings. The summed E-state index contributed by atoms with van der Waals surface area (Å²) in [5, 5.41) is 14.8. The van der Waals surface area contributed by atoms with Crippen molar-refractivity contribution in [1.29, 1.82) is 0 Å². The minimum absolute atomic E-state index is 0.0435. The van der Waals surface area contributed by atoms with Crippen molar-refractivity contribution in [3.8, 4) is 0 Å². The zero-order chi connectivity index (χ0) is 19.2. The third kappa shape index (κ3) is 3.35. The standard InChI is InChI=1S/C23H40N2O2/c1-22-11-9-17(26)15-16(22)5-6-18-19-7-8-21(24-27-14-13-25(3)4)23(19,2)12-10-20(18)22/h16-20,26H,5-15H2,1-4H3/b24-21+/t16-,17?,18?,19?,20?,22?,23?/m0/s1. The van der Waals surface area contributed by atoms with Gasteiger partial charge in [-0.05, 0) is 101 Å². The lowest BCUT2D eigenvalue weighted by Gasteiger charge is -2.60. The summed E-state index contributed by atoms with van der Waals surface area (Å²) in [6.45, 7) is 6.66. The highest BCUT2D eigenvalue weighted by Gasteiger charge is 2.59. The van der Waals surface area contributed by atoms with Crippen molar-refractivity contribution >= 4 is 5.71 Å². The molecular weight excluding hydrogens is 336 g/mol. The summed E-state index contributed by atoms with van der Waals surface area (Å²) in [6.07, 6.45) is 11.0. The van der Waals surface area contributed by atoms with Gasteiger partial charge in [-0.15, -0.1) is 0 Å². The van der Waals surface area contributed by atoms with Gasteiger partial charge in [-0.2, -0.15) is 0 Å². The molecule has 4 aliphatic carbocycles. The van der Waals surface area contributed by atoms with Crippen LogP contribution in [0.1, 0.15) is 71.6 Å². The van der Waals surface area contributed by atoms with Crippen LogP contribution < -0.4 is 0 Å². The van der Waals surface area contributed by atoms with Gasteiger partial charge in [0.15, 0.2) is 0 Å². The van der Waals surface area contributed by atoms with E-state index in [2.05, 4.69) is 38.0 Å². The quantitative estimate of drug-likeness (QED) is 0.587. The van der Waals surface area contributed by atoms with Crippen LogP contribution in [-0.4, -0.2) is 49.1 Å². The molecule has 0 aromatic heterocycles. The molecule has 0 saturated heterocycles. The maximum absolute atomic E-state index is 10.2. The molecule has 4 rings (SSSR count). The molecule has 1 N–H and O–H groups in total. The Morgan fingerprint density at radius 2 is 1.89 bits per heavy atom. The SMILES string of the molecule is CN(C)CCO/N=C1\CCC2C3CC[C@H]4CC(O)CCC4(C)C3CCC12C. The molecular formula is C23H40N2O2. The second kappa shape index (κ2) is 7.33. The average Bonchev–Trinajstić information content (AvgIpc) is 2.96. The molecule has 0 aromatic carbocycles. The van der Waals surface area contributed by atoms with Crippen LogP contribution in [0.25, 0.3) is 0 Å². The van der Waals surface area contributed by atoms with E-state index in [0.29, 0.717) is 12.0 Å². The van der Waals surface area contributed by atoms with Crippen molar-refractivity contribution in [3.63, 3.8) is 0 Å². The van der Waals surface area contributed by atoms with E-state index < -0.39 is 0 Å². The highest BCUT2D eigenvalue weighted by atomic mass is 16.6. The Balaban J connectivity index is 1.48. The lowest BCUT2D eigenvalue weighted by atomic mass is 9.45. The lowest BCUT2D eigenvalue weighted by molar-refractivity contribution is -0.114. The Kier molecular flexibility index (Phi) is 5.35. The molecule has 4 nitrogen and oxygen atoms in total. The zero-order valence-electron chi connectivity index (χ0n) is 17.9. The maximum atomic E-state index is 10.2. The summed E-state index contributed by atoms with van der Waals surface area (Å²) < 4.78 is 0. The molecule has 0 spiro atoms. The van der Waals surface area contributed by atoms with E-state index in [0.717, 1.165) is 49.5 Å². The summed E-state index contributed by atoms with van der Waals surface area (Å²) in [6, 6.07) is 0. The molecule has 0 radical (unpaired) electrons. The third-order valence-corrected chi connectivity index (χ3v) is 9.18. The van der Waals surface area contributed by atoms with Crippen LogP contribution in [0.4, 0.5) is 0 Å². The van der Waals surface area contributed by atoms with E-state index >= 15 is 0 Å². The van der Waals surface area contributed by atoms with Gasteiger partial charge in [0, 0.05) is 12.0 Å². The Morgan fingerprint density at radius 3 is 2.67 bits per heavy atom. The normalized spacial score (nSPS) is 48.2. The fourth-order valence-corrected chi connectivity index (χ4v) is 7.52. The van der Waals surface area contributed by atoms with Gasteiger partial charge < -0.3 is 14.8 Å². The van der Waals surface area contributed by atoms with E-state index in [-0.39, 0.29) is 11.5 Å². The van der Waals surface area contributed by atoms with Crippen LogP contribution in [0, 0.1) is 34.5 Å². The number of hydrogen-bond acceptors (Lipinski definition) is 4. The molecule has 0 heterocycles. The van der Waals surface area contributed by atoms with Crippen molar-refractivity contribution in [3.05, 3.63) is 0 Å². The number of oxime groups is 1. The van der Waals surface area contributed by atoms with E-state index in [9.17, 15) is 5.11 Å². The predicted molar refractivity (Wildman–Crippen MR) is 110 cm³/mol. The van der Waals surface area contributed by atoms with Crippen LogP contribution in [0.3, 0.4) is 0 Å². The van der Waals surface area contributed by atoms with Crippen molar-refractivity contribution in [1.82, 2.24) is 4.90 Å². The molecule has 27 heavy (non-hydrogen) atoms. The van der Waals surface area contributed by atoms with Crippen molar-refractivity contribution in [2.45, 2.75) is 77.7 Å². The first-order valence-electron chi connectivity index (χ1n) is 11.4. The van der Waals surface area contributed by atoms with Crippen LogP contribution in [0.2, 0.25) is 0 Å². The number of rotatable bonds is 4. The van der Waals surface area contributed by atoms with Crippen molar-refractivity contribution in [2.75, 3.05) is 27.2 Å². The topological polar surface area (TPSA) is 45.1 Å². The highest BCUT2D eigenvalue weighted by Crippen LogP contribution is 2.65. The van der Waals surface area contributed by atoms with Crippen LogP contribution >= 0.6 is 0 Å². The first kappa shape index (κ1) is 19.7. The molecule has 6 unspecified atom stereocenters. The molecule has 154 valence electrons. The van der Waals surface area contributed by atoms with E-state index in [4.69, 9.17) is 4.84 Å². The van der Waals surface area contributed by atoms with Gasteiger partial charge in [-0.25, -0.2) is 0 Å². The van der Waals surface area contributed by atoms with E-state index in [1.54, 1.807) is 0 Å². The highest BCUT2D eigenvalue weighted by molar-refractivity contribution is 5.92. The first-order chi connectivity index (χ1) is 12.8. The number of aliphatic hydroxyl groups excluding tert-OH is 1. The minimum atomic E-state index is -0.0435. The molecule has 0 amide bonds. The molecule has 4 aliphatic rings. The third-order valence-electron chi connectivity index (χ3n) is 9.18. The summed E-state index contributed by atoms with van der Waals surface area (Å²) in [5.74, 6) is 3.25. The molecule has 0 bridgehead atoms. The number of likely N-dealkylation sites (N-methyl/N-ethyl adjacent to an activating group) is 1. The second-order valence-corrected chi connectivity index (χ2v) is 10.8. The van der Waals surface area contributed by atoms with Gasteiger partial charge in [0.25, 0.3) is 0 Å². The van der Waals surface area contributed by atoms with Crippen LogP contribution in [0.5, 0.6) is 0 Å². The lowest BCUT2D eigenvalue weighted by Crippen LogP contribution is -2.54. The molecule has 0 aliphatic heterocycles. The first-order valence-corrected chi connectivity index (χ1v) is 11.4. The van der Waals surface area contributed by atoms with Gasteiger partial charge in [-0.1, -0.05) is 19.0 Å². The average molecular weight is 377 g/mol. The second-order valence-electron chi connectivity index (χ2n) is 10.8. The Labute approximate surface area is 165 Å². The summed E-state index contributed by atoms with van der Waals surface area (Å²) >= 11 is 0. The van der Waals surface area contributed by atoms with Crippen LogP contribution in [-0.2, 0) is 4.84 Å². The maximum Gasteiger partial charge on any atom is 0.129 e. The van der Waals surface area contributed by atoms with Gasteiger partial charge in [0.1, 0.15) is 6.61 Å². The molecule has 7 atom stereocenters. The number of nitrogens with zero attached hydrogens (tertiary/aromatic N) is 2. The summed E-state index contributed by atoms with van der Waals surface area (Å²) in [5.41, 5.74) is 2.07. The Hall–Kier alpha value is -0.610. The molecule has 0 aromatic rings. The molecule has 4 saturated carbocycles. The number of aliphatic hydroxyl groups is 1. The van der Waals surface area contributed by atoms with Crippen molar-refractivity contribution in [2.24, 2.45) is 39.7 Å². The van der Waals surface area contributed by atoms with Crippen molar-refractivity contribution < 1.29 is 9.94 Å². The Bertz CT molecular complexity index is 577. The monoisotopic (exact) mass is 376 g/mol. The fourth-order valence-electron chi connectivity index (χ4n) is 7.52. The molecule has 4 heteroatoms. The van der Waals surface area contributed by atoms with E-state index in [1.807, 2.05) is 0 Å². The fraction of sp³-hybridized carbons (Fsp3) is 0.957.